The maximum Gasteiger partial charge on any atom is 0.243 e. The lowest BCUT2D eigenvalue weighted by molar-refractivity contribution is -0.141. The molecule has 0 aliphatic carbocycles. The molecule has 0 fully saturated rings. The molecule has 0 saturated carbocycles. The first-order valence-corrected chi connectivity index (χ1v) is 16.8. The lowest BCUT2D eigenvalue weighted by Crippen LogP contribution is -2.51. The molecule has 1 atom stereocenters. The Morgan fingerprint density at radius 2 is 1.60 bits per heavy atom. The first-order valence-electron chi connectivity index (χ1n) is 14.2. The zero-order chi connectivity index (χ0) is 31.6. The summed E-state index contributed by atoms with van der Waals surface area (Å²) in [6.07, 6.45) is 1.69. The number of ether oxygens (including phenoxy) is 1. The molecule has 0 aromatic heterocycles. The maximum absolute atomic E-state index is 13.9. The summed E-state index contributed by atoms with van der Waals surface area (Å²) in [5.41, 5.74) is 2.09. The number of benzene rings is 3. The molecule has 8 nitrogen and oxygen atoms in total. The van der Waals surface area contributed by atoms with Crippen molar-refractivity contribution in [3.8, 4) is 5.75 Å². The minimum atomic E-state index is -3.63. The molecule has 11 heteroatoms. The number of amides is 2. The SMILES string of the molecule is CCOc1ccc(N(CCCC(=O)N(Cc2ccc(Cl)c(Cl)c2)C(Cc2ccccc2)C(=O)NC(C)C)S(C)(=O)=O)cc1. The van der Waals surface area contributed by atoms with Gasteiger partial charge >= 0.3 is 0 Å². The Hall–Kier alpha value is -3.27. The van der Waals surface area contributed by atoms with E-state index < -0.39 is 16.1 Å². The molecule has 1 N–H and O–H groups in total. The number of hydrogen-bond donors (Lipinski definition) is 1. The zero-order valence-electron chi connectivity index (χ0n) is 24.9. The van der Waals surface area contributed by atoms with E-state index in [-0.39, 0.29) is 43.8 Å². The van der Waals surface area contributed by atoms with Gasteiger partial charge in [0, 0.05) is 32.0 Å². The summed E-state index contributed by atoms with van der Waals surface area (Å²) in [5.74, 6) is 0.0717. The van der Waals surface area contributed by atoms with E-state index in [1.807, 2.05) is 51.1 Å². The van der Waals surface area contributed by atoms with Crippen molar-refractivity contribution >= 4 is 50.7 Å². The van der Waals surface area contributed by atoms with Crippen molar-refractivity contribution < 1.29 is 22.7 Å². The van der Waals surface area contributed by atoms with Crippen LogP contribution in [0.3, 0.4) is 0 Å². The van der Waals surface area contributed by atoms with Crippen LogP contribution in [-0.2, 0) is 32.6 Å². The van der Waals surface area contributed by atoms with E-state index in [4.69, 9.17) is 27.9 Å². The van der Waals surface area contributed by atoms with Crippen molar-refractivity contribution in [1.29, 1.82) is 0 Å². The van der Waals surface area contributed by atoms with Crippen molar-refractivity contribution in [2.24, 2.45) is 0 Å². The Bertz CT molecular complexity index is 1470. The average Bonchev–Trinajstić information content (AvgIpc) is 2.95. The Balaban J connectivity index is 1.88. The highest BCUT2D eigenvalue weighted by Gasteiger charge is 2.31. The molecule has 3 aromatic carbocycles. The molecular weight excluding hydrogens is 609 g/mol. The van der Waals surface area contributed by atoms with E-state index >= 15 is 0 Å². The fourth-order valence-corrected chi connectivity index (χ4v) is 5.93. The number of hydrogen-bond acceptors (Lipinski definition) is 5. The van der Waals surface area contributed by atoms with Crippen molar-refractivity contribution in [3.63, 3.8) is 0 Å². The van der Waals surface area contributed by atoms with Gasteiger partial charge in [-0.25, -0.2) is 8.42 Å². The van der Waals surface area contributed by atoms with Gasteiger partial charge in [0.15, 0.2) is 0 Å². The Morgan fingerprint density at radius 1 is 0.930 bits per heavy atom. The van der Waals surface area contributed by atoms with Crippen LogP contribution >= 0.6 is 23.2 Å². The second kappa shape index (κ2) is 16.0. The molecule has 0 spiro atoms. The summed E-state index contributed by atoms with van der Waals surface area (Å²) in [6, 6.07) is 20.4. The van der Waals surface area contributed by atoms with Gasteiger partial charge in [-0.05, 0) is 74.7 Å². The van der Waals surface area contributed by atoms with Gasteiger partial charge in [-0.3, -0.25) is 13.9 Å². The third-order valence-corrected chi connectivity index (χ3v) is 8.56. The zero-order valence-corrected chi connectivity index (χ0v) is 27.3. The highest BCUT2D eigenvalue weighted by atomic mass is 35.5. The summed E-state index contributed by atoms with van der Waals surface area (Å²) in [5, 5.41) is 3.69. The molecule has 0 heterocycles. The number of sulfonamides is 1. The van der Waals surface area contributed by atoms with Gasteiger partial charge < -0.3 is 15.0 Å². The van der Waals surface area contributed by atoms with E-state index in [2.05, 4.69) is 5.32 Å². The monoisotopic (exact) mass is 647 g/mol. The molecule has 1 unspecified atom stereocenters. The third kappa shape index (κ3) is 10.4. The molecule has 3 aromatic rings. The number of nitrogens with zero attached hydrogens (tertiary/aromatic N) is 2. The van der Waals surface area contributed by atoms with Gasteiger partial charge in [0.1, 0.15) is 11.8 Å². The minimum absolute atomic E-state index is 0.0185. The van der Waals surface area contributed by atoms with Crippen LogP contribution in [0.25, 0.3) is 0 Å². The number of carbonyl (C=O) groups is 2. The average molecular weight is 649 g/mol. The van der Waals surface area contributed by atoms with Crippen LogP contribution in [-0.4, -0.2) is 56.6 Å². The molecule has 2 amide bonds. The fourth-order valence-electron chi connectivity index (χ4n) is 4.65. The predicted octanol–water partition coefficient (Wildman–Crippen LogP) is 6.10. The van der Waals surface area contributed by atoms with Gasteiger partial charge in [-0.1, -0.05) is 59.6 Å². The highest BCUT2D eigenvalue weighted by Crippen LogP contribution is 2.26. The van der Waals surface area contributed by atoms with Crippen molar-refractivity contribution in [3.05, 3.63) is 94.0 Å². The van der Waals surface area contributed by atoms with Crippen LogP contribution in [0.5, 0.6) is 5.75 Å². The first-order chi connectivity index (χ1) is 20.4. The van der Waals surface area contributed by atoms with E-state index in [9.17, 15) is 18.0 Å². The quantitative estimate of drug-likeness (QED) is 0.215. The molecule has 0 radical (unpaired) electrons. The first kappa shape index (κ1) is 34.2. The highest BCUT2D eigenvalue weighted by molar-refractivity contribution is 7.92. The predicted molar refractivity (Wildman–Crippen MR) is 173 cm³/mol. The van der Waals surface area contributed by atoms with Gasteiger partial charge in [0.25, 0.3) is 0 Å². The summed E-state index contributed by atoms with van der Waals surface area (Å²) in [7, 11) is -3.63. The number of rotatable bonds is 15. The van der Waals surface area contributed by atoms with Crippen LogP contribution in [0.15, 0.2) is 72.8 Å². The Labute approximate surface area is 265 Å². The topological polar surface area (TPSA) is 96.0 Å². The summed E-state index contributed by atoms with van der Waals surface area (Å²) < 4.78 is 32.1. The van der Waals surface area contributed by atoms with Crippen LogP contribution in [0.1, 0.15) is 44.7 Å². The van der Waals surface area contributed by atoms with E-state index in [1.165, 1.54) is 4.31 Å². The standard InChI is InChI=1S/C32H39Cl2N3O5S/c1-5-42-27-16-14-26(15-17-27)37(43(4,40)41)19-9-12-31(38)36(22-25-13-18-28(33)29(34)20-25)30(32(39)35-23(2)3)21-24-10-7-6-8-11-24/h6-8,10-11,13-18,20,23,30H,5,9,12,19,21-22H2,1-4H3,(H,35,39). The van der Waals surface area contributed by atoms with Crippen LogP contribution in [0.2, 0.25) is 10.0 Å². The number of nitrogens with one attached hydrogen (secondary N) is 1. The van der Waals surface area contributed by atoms with Crippen molar-refractivity contribution in [1.82, 2.24) is 10.2 Å². The molecular formula is C32H39Cl2N3O5S. The lowest BCUT2D eigenvalue weighted by atomic mass is 10.0. The maximum atomic E-state index is 13.9. The smallest absolute Gasteiger partial charge is 0.243 e. The summed E-state index contributed by atoms with van der Waals surface area (Å²) in [6.45, 7) is 6.30. The third-order valence-electron chi connectivity index (χ3n) is 6.63. The molecule has 0 saturated heterocycles. The largest absolute Gasteiger partial charge is 0.494 e. The lowest BCUT2D eigenvalue weighted by Gasteiger charge is -2.32. The van der Waals surface area contributed by atoms with Crippen LogP contribution in [0, 0.1) is 0 Å². The van der Waals surface area contributed by atoms with E-state index in [0.717, 1.165) is 11.8 Å². The molecule has 3 rings (SSSR count). The van der Waals surface area contributed by atoms with Crippen molar-refractivity contribution in [2.75, 3.05) is 23.7 Å². The fraction of sp³-hybridized carbons (Fsp3) is 0.375. The van der Waals surface area contributed by atoms with Gasteiger partial charge in [0.05, 0.1) is 28.6 Å². The molecule has 0 aliphatic heterocycles. The number of halogens is 2. The summed E-state index contributed by atoms with van der Waals surface area (Å²) >= 11 is 12.4. The second-order valence-corrected chi connectivity index (χ2v) is 13.2. The Morgan fingerprint density at radius 3 is 2.19 bits per heavy atom. The normalized spacial score (nSPS) is 12.1. The Kier molecular flexibility index (Phi) is 12.7. The van der Waals surface area contributed by atoms with Gasteiger partial charge in [-0.2, -0.15) is 0 Å². The molecule has 43 heavy (non-hydrogen) atoms. The number of carbonyl (C=O) groups excluding carboxylic acids is 2. The van der Waals surface area contributed by atoms with E-state index in [1.54, 1.807) is 47.4 Å². The molecule has 232 valence electrons. The molecule has 0 aliphatic rings. The summed E-state index contributed by atoms with van der Waals surface area (Å²) in [4.78, 5) is 29.0. The van der Waals surface area contributed by atoms with Crippen molar-refractivity contribution in [2.45, 2.75) is 58.7 Å². The van der Waals surface area contributed by atoms with E-state index in [0.29, 0.717) is 40.1 Å². The second-order valence-electron chi connectivity index (χ2n) is 10.5. The minimum Gasteiger partial charge on any atom is -0.494 e. The van der Waals surface area contributed by atoms with Gasteiger partial charge in [0.2, 0.25) is 21.8 Å². The number of anilines is 1. The van der Waals surface area contributed by atoms with Crippen LogP contribution in [0.4, 0.5) is 5.69 Å². The molecule has 0 bridgehead atoms. The van der Waals surface area contributed by atoms with Crippen LogP contribution < -0.4 is 14.4 Å². The van der Waals surface area contributed by atoms with Gasteiger partial charge in [-0.15, -0.1) is 0 Å².